The molecule has 1 N–H and O–H groups in total. The summed E-state index contributed by atoms with van der Waals surface area (Å²) in [6.45, 7) is 3.43. The van der Waals surface area contributed by atoms with E-state index in [0.717, 1.165) is 16.7 Å². The van der Waals surface area contributed by atoms with Crippen LogP contribution in [0.5, 0.6) is 0 Å². The van der Waals surface area contributed by atoms with Crippen molar-refractivity contribution < 1.29 is 18.9 Å². The molecule has 2 atom stereocenters. The zero-order chi connectivity index (χ0) is 23.1. The highest BCUT2D eigenvalue weighted by atomic mass is 35.5. The average molecular weight is 473 g/mol. The minimum absolute atomic E-state index is 0.0815. The van der Waals surface area contributed by atoms with Gasteiger partial charge in [0, 0.05) is 10.6 Å². The lowest BCUT2D eigenvalue weighted by Gasteiger charge is -2.23. The number of carbonyl (C=O) groups is 1. The molecule has 3 aromatic rings. The van der Waals surface area contributed by atoms with E-state index in [2.05, 4.69) is 0 Å². The van der Waals surface area contributed by atoms with E-state index >= 15 is 0 Å². The van der Waals surface area contributed by atoms with Crippen LogP contribution < -0.4 is 0 Å². The van der Waals surface area contributed by atoms with Gasteiger partial charge in [-0.15, -0.1) is 0 Å². The summed E-state index contributed by atoms with van der Waals surface area (Å²) in [4.78, 5) is 12.6. The lowest BCUT2D eigenvalue weighted by atomic mass is 9.61. The predicted molar refractivity (Wildman–Crippen MR) is 131 cm³/mol. The first kappa shape index (κ1) is 24.5. The summed E-state index contributed by atoms with van der Waals surface area (Å²) in [6, 6.07) is 14.2. The number of halogens is 2. The number of ether oxygens (including phenoxy) is 1. The number of rotatable bonds is 10. The number of hydrogen-bond donors (Lipinski definition) is 1. The summed E-state index contributed by atoms with van der Waals surface area (Å²) < 4.78 is 19.5. The Bertz CT molecular complexity index is 1010. The van der Waals surface area contributed by atoms with Gasteiger partial charge in [-0.25, -0.2) is 4.39 Å². The van der Waals surface area contributed by atoms with Crippen molar-refractivity contribution in [3.8, 4) is 11.1 Å². The Morgan fingerprint density at radius 3 is 2.59 bits per heavy atom. The summed E-state index contributed by atoms with van der Waals surface area (Å²) in [5, 5.41) is 14.5. The predicted octanol–water partition coefficient (Wildman–Crippen LogP) is 6.72. The molecule has 1 heterocycles. The van der Waals surface area contributed by atoms with Gasteiger partial charge in [0.1, 0.15) is 5.82 Å². The Morgan fingerprint density at radius 1 is 1.22 bits per heavy atom. The van der Waals surface area contributed by atoms with Crippen molar-refractivity contribution in [3.05, 3.63) is 81.3 Å². The van der Waals surface area contributed by atoms with Crippen molar-refractivity contribution >= 4 is 35.8 Å². The van der Waals surface area contributed by atoms with Crippen molar-refractivity contribution in [1.82, 2.24) is 0 Å². The summed E-state index contributed by atoms with van der Waals surface area (Å²) in [6.07, 6.45) is 1.86. The fourth-order valence-electron chi connectivity index (χ4n) is 4.04. The van der Waals surface area contributed by atoms with Crippen molar-refractivity contribution in [1.29, 1.82) is 0 Å². The van der Waals surface area contributed by atoms with Gasteiger partial charge in [-0.3, -0.25) is 4.79 Å². The minimum Gasteiger partial charge on any atom is -0.466 e. The highest BCUT2D eigenvalue weighted by molar-refractivity contribution is 7.08. The Balaban J connectivity index is 1.79. The van der Waals surface area contributed by atoms with Gasteiger partial charge in [-0.05, 0) is 83.7 Å². The molecule has 32 heavy (non-hydrogen) atoms. The molecule has 3 nitrogen and oxygen atoms in total. The summed E-state index contributed by atoms with van der Waals surface area (Å²) in [7, 11) is 0. The monoisotopic (exact) mass is 472 g/mol. The molecular formula is C25H27BClFO3S. The maximum atomic E-state index is 14.2. The van der Waals surface area contributed by atoms with E-state index in [9.17, 15) is 14.2 Å². The highest BCUT2D eigenvalue weighted by Gasteiger charge is 2.28. The zero-order valence-electron chi connectivity index (χ0n) is 18.3. The third-order valence-corrected chi connectivity index (χ3v) is 6.41. The minimum atomic E-state index is -0.481. The summed E-state index contributed by atoms with van der Waals surface area (Å²) >= 11 is 7.58. The van der Waals surface area contributed by atoms with E-state index in [1.54, 1.807) is 31.1 Å². The summed E-state index contributed by atoms with van der Waals surface area (Å²) in [5.74, 6) is -0.821. The molecule has 7 heteroatoms. The van der Waals surface area contributed by atoms with Crippen LogP contribution in [-0.4, -0.2) is 24.5 Å². The first-order valence-electron chi connectivity index (χ1n) is 10.8. The number of esters is 1. The fraction of sp³-hybridized carbons (Fsp3) is 0.320. The van der Waals surface area contributed by atoms with E-state index in [-0.39, 0.29) is 23.6 Å². The largest absolute Gasteiger partial charge is 0.466 e. The van der Waals surface area contributed by atoms with Crippen molar-refractivity contribution in [2.75, 3.05) is 6.61 Å². The van der Waals surface area contributed by atoms with Gasteiger partial charge in [-0.2, -0.15) is 11.3 Å². The molecule has 1 unspecified atom stereocenters. The first-order chi connectivity index (χ1) is 15.4. The van der Waals surface area contributed by atoms with E-state index in [4.69, 9.17) is 16.3 Å². The smallest absolute Gasteiger partial charge is 0.313 e. The van der Waals surface area contributed by atoms with Crippen molar-refractivity contribution in [3.63, 3.8) is 0 Å². The Hall–Kier alpha value is -2.15. The molecule has 0 radical (unpaired) electrons. The van der Waals surface area contributed by atoms with Crippen LogP contribution >= 0.6 is 22.9 Å². The molecule has 3 rings (SSSR count). The third kappa shape index (κ3) is 6.68. The molecule has 168 valence electrons. The van der Waals surface area contributed by atoms with E-state index < -0.39 is 6.92 Å². The van der Waals surface area contributed by atoms with Gasteiger partial charge in [0.25, 0.3) is 6.92 Å². The molecule has 0 aliphatic heterocycles. The van der Waals surface area contributed by atoms with E-state index in [0.29, 0.717) is 36.4 Å². The number of benzene rings is 2. The van der Waals surface area contributed by atoms with Gasteiger partial charge in [0.15, 0.2) is 0 Å². The molecule has 0 saturated heterocycles. The number of hydrogen-bond acceptors (Lipinski definition) is 4. The highest BCUT2D eigenvalue weighted by Crippen LogP contribution is 2.32. The quantitative estimate of drug-likeness (QED) is 0.263. The number of carbonyl (C=O) groups excluding carboxylic acids is 1. The molecule has 0 amide bonds. The van der Waals surface area contributed by atoms with Crippen LogP contribution in [0.2, 0.25) is 18.2 Å². The van der Waals surface area contributed by atoms with Gasteiger partial charge in [0.05, 0.1) is 12.5 Å². The topological polar surface area (TPSA) is 46.5 Å². The molecule has 0 bridgehead atoms. The van der Waals surface area contributed by atoms with Crippen LogP contribution in [0.25, 0.3) is 11.1 Å². The van der Waals surface area contributed by atoms with Crippen LogP contribution in [0, 0.1) is 11.7 Å². The zero-order valence-corrected chi connectivity index (χ0v) is 19.8. The van der Waals surface area contributed by atoms with Crippen LogP contribution in [0.1, 0.15) is 30.4 Å². The number of thiophene rings is 1. The second-order valence-electron chi connectivity index (χ2n) is 8.07. The van der Waals surface area contributed by atoms with Crippen LogP contribution in [0.3, 0.4) is 0 Å². The van der Waals surface area contributed by atoms with E-state index in [1.165, 1.54) is 12.1 Å². The molecule has 0 aliphatic rings. The lowest BCUT2D eigenvalue weighted by Crippen LogP contribution is -2.23. The van der Waals surface area contributed by atoms with Crippen LogP contribution in [0.4, 0.5) is 4.39 Å². The SMILES string of the molecule is CCOC(=O)C(C[C@H](CB(C)O)Cc1ccc(-c2cc(Cl)ccc2F)cc1)c1ccsc1. The lowest BCUT2D eigenvalue weighted by molar-refractivity contribution is -0.145. The van der Waals surface area contributed by atoms with Gasteiger partial charge in [0.2, 0.25) is 0 Å². The Kier molecular flexibility index (Phi) is 8.91. The molecule has 2 aromatic carbocycles. The van der Waals surface area contributed by atoms with Crippen LogP contribution in [0.15, 0.2) is 59.3 Å². The van der Waals surface area contributed by atoms with Gasteiger partial charge < -0.3 is 9.76 Å². The Morgan fingerprint density at radius 2 is 1.97 bits per heavy atom. The molecule has 0 saturated carbocycles. The van der Waals surface area contributed by atoms with E-state index in [1.807, 2.05) is 41.1 Å². The molecule has 1 aromatic heterocycles. The Labute approximate surface area is 198 Å². The van der Waals surface area contributed by atoms with Crippen molar-refractivity contribution in [2.45, 2.75) is 38.8 Å². The van der Waals surface area contributed by atoms with Crippen molar-refractivity contribution in [2.24, 2.45) is 5.92 Å². The molecular weight excluding hydrogens is 446 g/mol. The second kappa shape index (κ2) is 11.6. The molecule has 0 aliphatic carbocycles. The average Bonchev–Trinajstić information content (AvgIpc) is 3.28. The second-order valence-corrected chi connectivity index (χ2v) is 9.29. The van der Waals surface area contributed by atoms with Gasteiger partial charge >= 0.3 is 5.97 Å². The molecule has 0 fully saturated rings. The van der Waals surface area contributed by atoms with Gasteiger partial charge in [-0.1, -0.05) is 42.7 Å². The third-order valence-electron chi connectivity index (χ3n) is 5.48. The standard InChI is InChI=1S/C25H27BClFO3S/c1-3-31-25(29)23(20-10-11-32-16-20)13-18(15-26(2)30)12-17-4-6-19(7-5-17)22-14-21(27)8-9-24(22)28/h4-11,14,16,18,23,30H,3,12-13,15H2,1-2H3/t18-,23?/m1/s1. The maximum absolute atomic E-state index is 14.2. The normalized spacial score (nSPS) is 12.9. The maximum Gasteiger partial charge on any atom is 0.313 e. The summed E-state index contributed by atoms with van der Waals surface area (Å²) in [5.41, 5.74) is 3.23. The molecule has 0 spiro atoms. The fourth-order valence-corrected chi connectivity index (χ4v) is 4.92. The van der Waals surface area contributed by atoms with Crippen LogP contribution in [-0.2, 0) is 16.0 Å². The first-order valence-corrected chi connectivity index (χ1v) is 12.1.